The molecule has 0 rings (SSSR count). The molecule has 0 aromatic carbocycles. The van der Waals surface area contributed by atoms with E-state index in [4.69, 9.17) is 8.54 Å². The molecule has 0 saturated carbocycles. The van der Waals surface area contributed by atoms with Crippen LogP contribution in [0.2, 0.25) is 50.4 Å². The molecule has 0 N–H and O–H groups in total. The quantitative estimate of drug-likeness (QED) is 0.446. The average Bonchev–Trinajstić information content (AvgIpc) is 2.40. The summed E-state index contributed by atoms with van der Waals surface area (Å²) >= 11 is 0. The molecule has 2 nitrogen and oxygen atoms in total. The summed E-state index contributed by atoms with van der Waals surface area (Å²) in [7, 11) is -4.65. The molecular weight excluding hydrogens is 296 g/mol. The van der Waals surface area contributed by atoms with Crippen molar-refractivity contribution < 1.29 is 8.54 Å². The molecule has 1 atom stereocenters. The molecule has 122 valence electrons. The van der Waals surface area contributed by atoms with Crippen molar-refractivity contribution in [1.82, 2.24) is 0 Å². The van der Waals surface area contributed by atoms with Crippen molar-refractivity contribution in [1.29, 1.82) is 0 Å². The van der Waals surface area contributed by atoms with Gasteiger partial charge in [-0.3, -0.25) is 0 Å². The molecule has 0 aliphatic carbocycles. The van der Waals surface area contributed by atoms with Crippen LogP contribution in [0.5, 0.6) is 0 Å². The first kappa shape index (κ1) is 20.6. The second kappa shape index (κ2) is 8.88. The SMILES string of the molecule is CCCC[Si](C)(CO[Si](C)(C)C)O[Si](CC)(CC)CC. The van der Waals surface area contributed by atoms with Gasteiger partial charge in [0.15, 0.2) is 16.6 Å². The zero-order valence-electron chi connectivity index (χ0n) is 15.3. The van der Waals surface area contributed by atoms with Crippen molar-refractivity contribution in [2.75, 3.05) is 6.23 Å². The third kappa shape index (κ3) is 7.54. The second-order valence-electron chi connectivity index (χ2n) is 7.30. The Morgan fingerprint density at radius 1 is 0.800 bits per heavy atom. The molecular formula is C15H38O2Si3. The van der Waals surface area contributed by atoms with Crippen molar-refractivity contribution in [3.05, 3.63) is 0 Å². The van der Waals surface area contributed by atoms with E-state index in [1.54, 1.807) is 0 Å². The van der Waals surface area contributed by atoms with E-state index >= 15 is 0 Å². The Morgan fingerprint density at radius 2 is 1.30 bits per heavy atom. The monoisotopic (exact) mass is 334 g/mol. The van der Waals surface area contributed by atoms with Crippen LogP contribution in [0.15, 0.2) is 0 Å². The van der Waals surface area contributed by atoms with Gasteiger partial charge in [-0.25, -0.2) is 0 Å². The third-order valence-corrected chi connectivity index (χ3v) is 15.3. The number of hydrogen-bond donors (Lipinski definition) is 0. The fourth-order valence-electron chi connectivity index (χ4n) is 2.56. The van der Waals surface area contributed by atoms with E-state index in [1.165, 1.54) is 37.0 Å². The minimum atomic E-state index is -1.70. The molecule has 20 heavy (non-hydrogen) atoms. The van der Waals surface area contributed by atoms with Crippen molar-refractivity contribution in [3.63, 3.8) is 0 Å². The molecule has 1 unspecified atom stereocenters. The Bertz CT molecular complexity index is 254. The molecule has 0 spiro atoms. The van der Waals surface area contributed by atoms with Crippen LogP contribution >= 0.6 is 0 Å². The van der Waals surface area contributed by atoms with Crippen molar-refractivity contribution in [2.24, 2.45) is 0 Å². The van der Waals surface area contributed by atoms with Gasteiger partial charge in [0.05, 0.1) is 6.23 Å². The molecule has 0 aliphatic heterocycles. The van der Waals surface area contributed by atoms with Gasteiger partial charge in [0, 0.05) is 0 Å². The normalized spacial score (nSPS) is 16.2. The van der Waals surface area contributed by atoms with Gasteiger partial charge in [0.25, 0.3) is 0 Å². The van der Waals surface area contributed by atoms with Gasteiger partial charge < -0.3 is 8.54 Å². The maximum Gasteiger partial charge on any atom is 0.201 e. The molecule has 0 heterocycles. The summed E-state index contributed by atoms with van der Waals surface area (Å²) in [6, 6.07) is 5.02. The van der Waals surface area contributed by atoms with Crippen LogP contribution in [0.3, 0.4) is 0 Å². The summed E-state index contributed by atoms with van der Waals surface area (Å²) in [4.78, 5) is 0. The van der Waals surface area contributed by atoms with Crippen LogP contribution in [0.4, 0.5) is 0 Å². The van der Waals surface area contributed by atoms with E-state index in [0.29, 0.717) is 0 Å². The summed E-state index contributed by atoms with van der Waals surface area (Å²) < 4.78 is 13.2. The lowest BCUT2D eigenvalue weighted by molar-refractivity contribution is 0.340. The molecule has 0 fully saturated rings. The van der Waals surface area contributed by atoms with Crippen LogP contribution in [-0.4, -0.2) is 31.2 Å². The molecule has 0 aliphatic rings. The summed E-state index contributed by atoms with van der Waals surface area (Å²) in [5, 5.41) is 0. The highest BCUT2D eigenvalue weighted by Crippen LogP contribution is 2.29. The zero-order valence-corrected chi connectivity index (χ0v) is 18.3. The predicted octanol–water partition coefficient (Wildman–Crippen LogP) is 5.77. The molecule has 5 heteroatoms. The van der Waals surface area contributed by atoms with Gasteiger partial charge in [-0.2, -0.15) is 0 Å². The highest BCUT2D eigenvalue weighted by molar-refractivity contribution is 6.87. The smallest absolute Gasteiger partial charge is 0.201 e. The Hall–Kier alpha value is 0.571. The predicted molar refractivity (Wildman–Crippen MR) is 98.9 cm³/mol. The van der Waals surface area contributed by atoms with E-state index in [2.05, 4.69) is 53.9 Å². The summed E-state index contributed by atoms with van der Waals surface area (Å²) in [6.07, 6.45) is 3.47. The first-order chi connectivity index (χ1) is 9.16. The number of unbranched alkanes of at least 4 members (excludes halogenated alkanes) is 1. The molecule has 0 aromatic heterocycles. The fraction of sp³-hybridized carbons (Fsp3) is 1.00. The van der Waals surface area contributed by atoms with Gasteiger partial charge in [0.2, 0.25) is 8.32 Å². The lowest BCUT2D eigenvalue weighted by Gasteiger charge is -2.40. The lowest BCUT2D eigenvalue weighted by Crippen LogP contribution is -2.53. The Morgan fingerprint density at radius 3 is 1.65 bits per heavy atom. The van der Waals surface area contributed by atoms with E-state index in [1.807, 2.05) is 0 Å². The Labute approximate surface area is 131 Å². The average molecular weight is 335 g/mol. The highest BCUT2D eigenvalue weighted by Gasteiger charge is 2.40. The zero-order chi connectivity index (χ0) is 15.9. The Balaban J connectivity index is 4.92. The number of rotatable bonds is 11. The maximum atomic E-state index is 6.95. The minimum absolute atomic E-state index is 0.914. The molecule has 0 amide bonds. The van der Waals surface area contributed by atoms with Crippen LogP contribution in [0, 0.1) is 0 Å². The lowest BCUT2D eigenvalue weighted by atomic mass is 10.4. The van der Waals surface area contributed by atoms with Crippen LogP contribution in [0.25, 0.3) is 0 Å². The first-order valence-corrected chi connectivity index (χ1v) is 17.3. The first-order valence-electron chi connectivity index (χ1n) is 8.50. The molecule has 0 radical (unpaired) electrons. The standard InChI is InChI=1S/C15H38O2Si3/c1-9-13-14-19(8,15-16-18(5,6)7)17-20(10-2,11-3)12-4/h9-15H2,1-8H3. The van der Waals surface area contributed by atoms with Gasteiger partial charge in [0.1, 0.15) is 0 Å². The highest BCUT2D eigenvalue weighted by atomic mass is 28.4. The van der Waals surface area contributed by atoms with Gasteiger partial charge in [-0.15, -0.1) is 0 Å². The number of hydrogen-bond acceptors (Lipinski definition) is 2. The van der Waals surface area contributed by atoms with Crippen LogP contribution in [-0.2, 0) is 8.54 Å². The third-order valence-electron chi connectivity index (χ3n) is 4.27. The summed E-state index contributed by atoms with van der Waals surface area (Å²) in [5.74, 6) is 0. The van der Waals surface area contributed by atoms with Crippen molar-refractivity contribution in [2.45, 2.75) is 90.9 Å². The van der Waals surface area contributed by atoms with E-state index in [-0.39, 0.29) is 0 Å². The van der Waals surface area contributed by atoms with E-state index < -0.39 is 25.0 Å². The van der Waals surface area contributed by atoms with Crippen LogP contribution in [0.1, 0.15) is 40.5 Å². The summed E-state index contributed by atoms with van der Waals surface area (Å²) in [6.45, 7) is 18.5. The summed E-state index contributed by atoms with van der Waals surface area (Å²) in [5.41, 5.74) is 0. The van der Waals surface area contributed by atoms with Crippen molar-refractivity contribution in [3.8, 4) is 0 Å². The minimum Gasteiger partial charge on any atom is -0.454 e. The van der Waals surface area contributed by atoms with Crippen molar-refractivity contribution >= 4 is 25.0 Å². The van der Waals surface area contributed by atoms with Gasteiger partial charge >= 0.3 is 0 Å². The largest absolute Gasteiger partial charge is 0.454 e. The van der Waals surface area contributed by atoms with Gasteiger partial charge in [-0.1, -0.05) is 40.5 Å². The van der Waals surface area contributed by atoms with E-state index in [0.717, 1.165) is 6.23 Å². The van der Waals surface area contributed by atoms with Gasteiger partial charge in [-0.05, 0) is 50.4 Å². The maximum absolute atomic E-state index is 6.95. The second-order valence-corrected chi connectivity index (χ2v) is 20.8. The Kier molecular flexibility index (Phi) is 9.13. The molecule has 0 bridgehead atoms. The topological polar surface area (TPSA) is 18.5 Å². The fourth-order valence-corrected chi connectivity index (χ4v) is 14.8. The molecule has 0 aromatic rings. The van der Waals surface area contributed by atoms with E-state index in [9.17, 15) is 0 Å². The molecule has 0 saturated heterocycles. The van der Waals surface area contributed by atoms with Crippen LogP contribution < -0.4 is 0 Å².